The number of hydrogen-bond acceptors (Lipinski definition) is 4. The van der Waals surface area contributed by atoms with E-state index in [0.29, 0.717) is 30.4 Å². The van der Waals surface area contributed by atoms with Crippen LogP contribution in [0.25, 0.3) is 0 Å². The first kappa shape index (κ1) is 12.5. The predicted molar refractivity (Wildman–Crippen MR) is 70.7 cm³/mol. The molecule has 6 nitrogen and oxygen atoms in total. The largest absolute Gasteiger partial charge is 0.395 e. The zero-order valence-corrected chi connectivity index (χ0v) is 11.1. The van der Waals surface area contributed by atoms with Crippen LogP contribution in [0.15, 0.2) is 0 Å². The average molecular weight is 264 g/mol. The minimum absolute atomic E-state index is 0.174. The van der Waals surface area contributed by atoms with Crippen molar-refractivity contribution in [3.05, 3.63) is 11.4 Å². The summed E-state index contributed by atoms with van der Waals surface area (Å²) in [6.07, 6.45) is 2.58. The maximum absolute atomic E-state index is 12.4. The lowest BCUT2D eigenvalue weighted by Gasteiger charge is -2.33. The maximum Gasteiger partial charge on any atom is 0.276 e. The third-order valence-corrected chi connectivity index (χ3v) is 4.23. The van der Waals surface area contributed by atoms with Crippen molar-refractivity contribution in [2.75, 3.05) is 18.8 Å². The van der Waals surface area contributed by atoms with E-state index < -0.39 is 6.10 Å². The van der Waals surface area contributed by atoms with Gasteiger partial charge in [-0.25, -0.2) is 0 Å². The van der Waals surface area contributed by atoms with Crippen LogP contribution in [-0.2, 0) is 0 Å². The molecule has 2 fully saturated rings. The highest BCUT2D eigenvalue weighted by Gasteiger charge is 2.33. The summed E-state index contributed by atoms with van der Waals surface area (Å²) in [4.78, 5) is 14.0. The number of likely N-dealkylation sites (tertiary alicyclic amines) is 1. The van der Waals surface area contributed by atoms with Gasteiger partial charge in [-0.3, -0.25) is 9.89 Å². The number of aromatic nitrogens is 2. The summed E-state index contributed by atoms with van der Waals surface area (Å²) in [5.41, 5.74) is 7.70. The van der Waals surface area contributed by atoms with Crippen molar-refractivity contribution in [3.8, 4) is 0 Å². The van der Waals surface area contributed by atoms with Crippen LogP contribution in [0.4, 0.5) is 5.69 Å². The summed E-state index contributed by atoms with van der Waals surface area (Å²) in [7, 11) is 0. The van der Waals surface area contributed by atoms with E-state index in [4.69, 9.17) is 5.73 Å². The quantitative estimate of drug-likeness (QED) is 0.733. The minimum atomic E-state index is -0.458. The van der Waals surface area contributed by atoms with Gasteiger partial charge in [-0.2, -0.15) is 5.10 Å². The van der Waals surface area contributed by atoms with Crippen molar-refractivity contribution in [1.82, 2.24) is 15.1 Å². The molecule has 0 spiro atoms. The number of aromatic amines is 1. The smallest absolute Gasteiger partial charge is 0.276 e. The van der Waals surface area contributed by atoms with Crippen LogP contribution >= 0.6 is 0 Å². The lowest BCUT2D eigenvalue weighted by atomic mass is 9.96. The Morgan fingerprint density at radius 3 is 2.84 bits per heavy atom. The summed E-state index contributed by atoms with van der Waals surface area (Å²) in [6, 6.07) is 0. The van der Waals surface area contributed by atoms with Crippen LogP contribution in [0.5, 0.6) is 0 Å². The number of aliphatic hydroxyl groups is 1. The fraction of sp³-hybridized carbons (Fsp3) is 0.692. The first-order chi connectivity index (χ1) is 9.08. The molecule has 4 N–H and O–H groups in total. The number of nitrogens with one attached hydrogen (secondary N) is 1. The van der Waals surface area contributed by atoms with Gasteiger partial charge < -0.3 is 15.7 Å². The molecule has 1 aliphatic heterocycles. The molecule has 3 rings (SSSR count). The number of β-amino-alcohol motifs (C(OH)–C–C–N with tert-alkyl or cyclic N) is 1. The second kappa shape index (κ2) is 4.52. The van der Waals surface area contributed by atoms with E-state index in [0.717, 1.165) is 25.0 Å². The summed E-state index contributed by atoms with van der Waals surface area (Å²) in [5.74, 6) is 0.509. The number of piperidine rings is 1. The highest BCUT2D eigenvalue weighted by molar-refractivity contribution is 5.97. The number of nitrogens with two attached hydrogens (primary N) is 1. The number of nitrogen functional groups attached to an aromatic ring is 1. The molecule has 2 unspecified atom stereocenters. The lowest BCUT2D eigenvalue weighted by Crippen LogP contribution is -2.46. The molecule has 2 heterocycles. The van der Waals surface area contributed by atoms with E-state index >= 15 is 0 Å². The Bertz CT molecular complexity index is 495. The van der Waals surface area contributed by atoms with E-state index in [2.05, 4.69) is 10.2 Å². The minimum Gasteiger partial charge on any atom is -0.395 e. The molecule has 19 heavy (non-hydrogen) atoms. The zero-order valence-electron chi connectivity index (χ0n) is 11.1. The second-order valence-electron chi connectivity index (χ2n) is 5.76. The van der Waals surface area contributed by atoms with Crippen LogP contribution < -0.4 is 5.73 Å². The summed E-state index contributed by atoms with van der Waals surface area (Å²) in [5, 5.41) is 16.8. The van der Waals surface area contributed by atoms with Gasteiger partial charge in [-0.05, 0) is 25.2 Å². The van der Waals surface area contributed by atoms with Gasteiger partial charge in [-0.15, -0.1) is 0 Å². The summed E-state index contributed by atoms with van der Waals surface area (Å²) in [6.45, 7) is 3.02. The molecule has 0 bridgehead atoms. The number of rotatable bonds is 2. The fourth-order valence-electron chi connectivity index (χ4n) is 2.59. The fourth-order valence-corrected chi connectivity index (χ4v) is 2.59. The number of hydrogen-bond donors (Lipinski definition) is 3. The first-order valence-corrected chi connectivity index (χ1v) is 6.89. The molecule has 2 aliphatic rings. The van der Waals surface area contributed by atoms with Crippen LogP contribution in [0.1, 0.15) is 48.3 Å². The number of nitrogens with zero attached hydrogens (tertiary/aromatic N) is 2. The van der Waals surface area contributed by atoms with Gasteiger partial charge in [0.2, 0.25) is 0 Å². The van der Waals surface area contributed by atoms with Crippen molar-refractivity contribution >= 4 is 11.6 Å². The molecular formula is C13H20N4O2. The zero-order chi connectivity index (χ0) is 13.6. The summed E-state index contributed by atoms with van der Waals surface area (Å²) < 4.78 is 0. The highest BCUT2D eigenvalue weighted by Crippen LogP contribution is 2.42. The topological polar surface area (TPSA) is 95.2 Å². The lowest BCUT2D eigenvalue weighted by molar-refractivity contribution is 0.0246. The number of H-pyrrole nitrogens is 1. The van der Waals surface area contributed by atoms with Crippen LogP contribution in [0.2, 0.25) is 0 Å². The molecule has 0 aromatic carbocycles. The number of anilines is 1. The second-order valence-corrected chi connectivity index (χ2v) is 5.76. The molecule has 1 aromatic heterocycles. The highest BCUT2D eigenvalue weighted by atomic mass is 16.3. The molecule has 1 amide bonds. The third kappa shape index (κ3) is 2.20. The molecule has 1 saturated heterocycles. The van der Waals surface area contributed by atoms with E-state index in [1.807, 2.05) is 6.92 Å². The van der Waals surface area contributed by atoms with Gasteiger partial charge in [0.05, 0.1) is 17.5 Å². The molecule has 104 valence electrons. The van der Waals surface area contributed by atoms with Gasteiger partial charge in [0, 0.05) is 19.0 Å². The van der Waals surface area contributed by atoms with E-state index in [1.54, 1.807) is 4.90 Å². The molecule has 1 saturated carbocycles. The van der Waals surface area contributed by atoms with Crippen molar-refractivity contribution in [1.29, 1.82) is 0 Å². The molecular weight excluding hydrogens is 244 g/mol. The first-order valence-electron chi connectivity index (χ1n) is 6.89. The SMILES string of the molecule is CC1CCN(C(=O)c2n[nH]c(C3CC3)c2N)CC1O. The maximum atomic E-state index is 12.4. The monoisotopic (exact) mass is 264 g/mol. The average Bonchev–Trinajstić information content (AvgIpc) is 3.16. The molecule has 6 heteroatoms. The van der Waals surface area contributed by atoms with Gasteiger partial charge in [0.15, 0.2) is 5.69 Å². The van der Waals surface area contributed by atoms with E-state index in [-0.39, 0.29) is 11.8 Å². The molecule has 1 aliphatic carbocycles. The van der Waals surface area contributed by atoms with Gasteiger partial charge >= 0.3 is 0 Å². The Hall–Kier alpha value is -1.56. The Morgan fingerprint density at radius 2 is 2.21 bits per heavy atom. The number of carbonyl (C=O) groups excluding carboxylic acids is 1. The number of aliphatic hydroxyl groups excluding tert-OH is 1. The Balaban J connectivity index is 1.76. The van der Waals surface area contributed by atoms with Crippen molar-refractivity contribution < 1.29 is 9.90 Å². The van der Waals surface area contributed by atoms with Crippen LogP contribution in [0, 0.1) is 5.92 Å². The number of carbonyl (C=O) groups is 1. The van der Waals surface area contributed by atoms with Crippen molar-refractivity contribution in [2.24, 2.45) is 5.92 Å². The molecule has 2 atom stereocenters. The van der Waals surface area contributed by atoms with Gasteiger partial charge in [-0.1, -0.05) is 6.92 Å². The normalized spacial score (nSPS) is 27.6. The standard InChI is InChI=1S/C13H20N4O2/c1-7-4-5-17(6-9(7)18)13(19)12-10(14)11(15-16-12)8-2-3-8/h7-9,18H,2-6,14H2,1H3,(H,15,16). The Morgan fingerprint density at radius 1 is 1.47 bits per heavy atom. The Labute approximate surface area is 112 Å². The Kier molecular flexibility index (Phi) is 2.97. The van der Waals surface area contributed by atoms with Crippen LogP contribution in [-0.4, -0.2) is 45.3 Å². The van der Waals surface area contributed by atoms with Gasteiger partial charge in [0.1, 0.15) is 0 Å². The summed E-state index contributed by atoms with van der Waals surface area (Å²) >= 11 is 0. The van der Waals surface area contributed by atoms with Crippen LogP contribution in [0.3, 0.4) is 0 Å². The van der Waals surface area contributed by atoms with E-state index in [9.17, 15) is 9.90 Å². The molecule has 0 radical (unpaired) electrons. The molecule has 1 aromatic rings. The third-order valence-electron chi connectivity index (χ3n) is 4.23. The van der Waals surface area contributed by atoms with Crippen molar-refractivity contribution in [2.45, 2.75) is 38.2 Å². The van der Waals surface area contributed by atoms with Crippen molar-refractivity contribution in [3.63, 3.8) is 0 Å². The van der Waals surface area contributed by atoms with Gasteiger partial charge in [0.25, 0.3) is 5.91 Å². The van der Waals surface area contributed by atoms with E-state index in [1.165, 1.54) is 0 Å². The predicted octanol–water partition coefficient (Wildman–Crippen LogP) is 0.712. The number of amides is 1.